The average Bonchev–Trinajstić information content (AvgIpc) is 2.47. The number of nitrogens with zero attached hydrogens (tertiary/aromatic N) is 1. The number of sulfonamides is 1. The van der Waals surface area contributed by atoms with Crippen LogP contribution in [0.3, 0.4) is 0 Å². The van der Waals surface area contributed by atoms with Crippen LogP contribution in [0.15, 0.2) is 11.6 Å². The van der Waals surface area contributed by atoms with Gasteiger partial charge in [0.15, 0.2) is 0 Å². The molecule has 1 heterocycles. The Balaban J connectivity index is 1.79. The molecule has 1 aliphatic heterocycles. The van der Waals surface area contributed by atoms with Crippen LogP contribution in [0.2, 0.25) is 0 Å². The second-order valence-corrected chi connectivity index (χ2v) is 8.63. The summed E-state index contributed by atoms with van der Waals surface area (Å²) in [6, 6.07) is 0. The molecule has 2 fully saturated rings. The molecule has 2 rings (SSSR count). The number of amides is 1. The van der Waals surface area contributed by atoms with Crippen LogP contribution < -0.4 is 5.32 Å². The van der Waals surface area contributed by atoms with Gasteiger partial charge in [0.05, 0.1) is 18.0 Å². The number of morpholine rings is 1. The molecule has 0 bridgehead atoms. The lowest BCUT2D eigenvalue weighted by Gasteiger charge is -2.34. The highest BCUT2D eigenvalue weighted by atomic mass is 32.2. The third-order valence-electron chi connectivity index (χ3n) is 4.27. The smallest absolute Gasteiger partial charge is 0.243 e. The summed E-state index contributed by atoms with van der Waals surface area (Å²) in [7, 11) is -3.36. The summed E-state index contributed by atoms with van der Waals surface area (Å²) in [5, 5.41) is 2.70. The minimum absolute atomic E-state index is 0.0681. The molecule has 2 atom stereocenters. The number of allylic oxidation sites excluding steroid dienone is 1. The van der Waals surface area contributed by atoms with Crippen molar-refractivity contribution in [3.05, 3.63) is 11.6 Å². The van der Waals surface area contributed by atoms with E-state index in [-0.39, 0.29) is 30.4 Å². The zero-order valence-electron chi connectivity index (χ0n) is 14.1. The van der Waals surface area contributed by atoms with E-state index in [1.807, 2.05) is 13.8 Å². The van der Waals surface area contributed by atoms with Crippen molar-refractivity contribution in [1.29, 1.82) is 0 Å². The van der Waals surface area contributed by atoms with Crippen molar-refractivity contribution in [3.8, 4) is 0 Å². The Morgan fingerprint density at radius 1 is 1.22 bits per heavy atom. The zero-order chi connectivity index (χ0) is 16.9. The van der Waals surface area contributed by atoms with Gasteiger partial charge >= 0.3 is 0 Å². The normalized spacial score (nSPS) is 26.8. The van der Waals surface area contributed by atoms with Crippen molar-refractivity contribution in [2.24, 2.45) is 0 Å². The predicted octanol–water partition coefficient (Wildman–Crippen LogP) is 1.43. The summed E-state index contributed by atoms with van der Waals surface area (Å²) in [5.74, 6) is -0.248. The SMILES string of the molecule is C[C@H]1CN(S(=O)(=O)CCNC(=O)C=C2CCCCC2)C[C@H](C)O1. The molecular formula is C16H28N2O4S. The quantitative estimate of drug-likeness (QED) is 0.766. The van der Waals surface area contributed by atoms with Gasteiger partial charge in [0, 0.05) is 25.7 Å². The van der Waals surface area contributed by atoms with Crippen LogP contribution in [0.1, 0.15) is 46.0 Å². The molecule has 0 aromatic rings. The number of hydrogen-bond donors (Lipinski definition) is 1. The molecule has 0 aromatic heterocycles. The first kappa shape index (κ1) is 18.4. The molecule has 0 spiro atoms. The maximum Gasteiger partial charge on any atom is 0.243 e. The molecule has 1 aliphatic carbocycles. The summed E-state index contributed by atoms with van der Waals surface area (Å²) in [6.07, 6.45) is 6.92. The number of ether oxygens (including phenoxy) is 1. The topological polar surface area (TPSA) is 75.7 Å². The third-order valence-corrected chi connectivity index (χ3v) is 6.07. The molecule has 1 saturated carbocycles. The Kier molecular flexibility index (Phi) is 6.61. The van der Waals surface area contributed by atoms with Crippen molar-refractivity contribution >= 4 is 15.9 Å². The van der Waals surface area contributed by atoms with Crippen LogP contribution in [0, 0.1) is 0 Å². The van der Waals surface area contributed by atoms with Crippen LogP contribution >= 0.6 is 0 Å². The van der Waals surface area contributed by atoms with Gasteiger partial charge in [-0.25, -0.2) is 8.42 Å². The van der Waals surface area contributed by atoms with Crippen molar-refractivity contribution in [1.82, 2.24) is 9.62 Å². The summed E-state index contributed by atoms with van der Waals surface area (Å²) in [4.78, 5) is 11.9. The minimum atomic E-state index is -3.36. The number of rotatable bonds is 5. The maximum absolute atomic E-state index is 12.4. The van der Waals surface area contributed by atoms with Gasteiger partial charge < -0.3 is 10.1 Å². The molecule has 2 aliphatic rings. The first-order chi connectivity index (χ1) is 10.9. The molecule has 23 heavy (non-hydrogen) atoms. The molecule has 1 N–H and O–H groups in total. The van der Waals surface area contributed by atoms with Gasteiger partial charge in [-0.15, -0.1) is 0 Å². The van der Waals surface area contributed by atoms with Crippen molar-refractivity contribution in [2.45, 2.75) is 58.2 Å². The monoisotopic (exact) mass is 344 g/mol. The fraction of sp³-hybridized carbons (Fsp3) is 0.812. The number of nitrogens with one attached hydrogen (secondary N) is 1. The van der Waals surface area contributed by atoms with Crippen LogP contribution in [0.4, 0.5) is 0 Å². The van der Waals surface area contributed by atoms with Gasteiger partial charge in [-0.3, -0.25) is 4.79 Å². The fourth-order valence-electron chi connectivity index (χ4n) is 3.18. The Hall–Kier alpha value is -0.920. The lowest BCUT2D eigenvalue weighted by atomic mass is 9.95. The van der Waals surface area contributed by atoms with E-state index < -0.39 is 10.0 Å². The largest absolute Gasteiger partial charge is 0.373 e. The molecular weight excluding hydrogens is 316 g/mol. The van der Waals surface area contributed by atoms with E-state index in [2.05, 4.69) is 5.32 Å². The second kappa shape index (κ2) is 8.26. The number of carbonyl (C=O) groups excluding carboxylic acids is 1. The molecule has 1 amide bonds. The molecule has 1 saturated heterocycles. The molecule has 6 nitrogen and oxygen atoms in total. The van der Waals surface area contributed by atoms with E-state index in [1.54, 1.807) is 6.08 Å². The Morgan fingerprint density at radius 2 is 1.83 bits per heavy atom. The van der Waals surface area contributed by atoms with E-state index in [0.717, 1.165) is 25.7 Å². The van der Waals surface area contributed by atoms with Crippen LogP contribution in [-0.4, -0.2) is 56.2 Å². The maximum atomic E-state index is 12.4. The Morgan fingerprint density at radius 3 is 2.43 bits per heavy atom. The number of carbonyl (C=O) groups is 1. The highest BCUT2D eigenvalue weighted by Gasteiger charge is 2.30. The van der Waals surface area contributed by atoms with Gasteiger partial charge in [0.2, 0.25) is 15.9 Å². The van der Waals surface area contributed by atoms with E-state index >= 15 is 0 Å². The lowest BCUT2D eigenvalue weighted by molar-refractivity contribution is -0.116. The first-order valence-corrected chi connectivity index (χ1v) is 10.1. The third kappa shape index (κ3) is 5.90. The molecule has 0 unspecified atom stereocenters. The molecule has 132 valence electrons. The summed E-state index contributed by atoms with van der Waals surface area (Å²) < 4.78 is 31.7. The summed E-state index contributed by atoms with van der Waals surface area (Å²) in [6.45, 7) is 4.65. The van der Waals surface area contributed by atoms with Gasteiger partial charge in [-0.05, 0) is 39.5 Å². The second-order valence-electron chi connectivity index (χ2n) is 6.54. The van der Waals surface area contributed by atoms with Gasteiger partial charge in [-0.2, -0.15) is 4.31 Å². The standard InChI is InChI=1S/C16H28N2O4S/c1-13-11-18(12-14(2)22-13)23(20,21)9-8-17-16(19)10-15-6-4-3-5-7-15/h10,13-14H,3-9,11-12H2,1-2H3,(H,17,19)/t13-,14-/m0/s1. The van der Waals surface area contributed by atoms with E-state index in [0.29, 0.717) is 13.1 Å². The molecule has 7 heteroatoms. The van der Waals surface area contributed by atoms with Crippen LogP contribution in [0.5, 0.6) is 0 Å². The van der Waals surface area contributed by atoms with Crippen LogP contribution in [-0.2, 0) is 19.6 Å². The van der Waals surface area contributed by atoms with Crippen molar-refractivity contribution < 1.29 is 17.9 Å². The van der Waals surface area contributed by atoms with E-state index in [4.69, 9.17) is 4.74 Å². The van der Waals surface area contributed by atoms with Crippen LogP contribution in [0.25, 0.3) is 0 Å². The van der Waals surface area contributed by atoms with E-state index in [1.165, 1.54) is 16.3 Å². The lowest BCUT2D eigenvalue weighted by Crippen LogP contribution is -2.49. The van der Waals surface area contributed by atoms with Crippen molar-refractivity contribution in [3.63, 3.8) is 0 Å². The van der Waals surface area contributed by atoms with E-state index in [9.17, 15) is 13.2 Å². The highest BCUT2D eigenvalue weighted by molar-refractivity contribution is 7.89. The van der Waals surface area contributed by atoms with Gasteiger partial charge in [0.1, 0.15) is 0 Å². The molecule has 0 aromatic carbocycles. The average molecular weight is 344 g/mol. The summed E-state index contributed by atoms with van der Waals surface area (Å²) >= 11 is 0. The summed E-state index contributed by atoms with van der Waals surface area (Å²) in [5.41, 5.74) is 1.17. The minimum Gasteiger partial charge on any atom is -0.373 e. The predicted molar refractivity (Wildman–Crippen MR) is 89.5 cm³/mol. The zero-order valence-corrected chi connectivity index (χ0v) is 14.9. The highest BCUT2D eigenvalue weighted by Crippen LogP contribution is 2.22. The van der Waals surface area contributed by atoms with Gasteiger partial charge in [-0.1, -0.05) is 12.0 Å². The fourth-order valence-corrected chi connectivity index (χ4v) is 4.67. The Labute approximate surface area is 139 Å². The van der Waals surface area contributed by atoms with Crippen molar-refractivity contribution in [2.75, 3.05) is 25.4 Å². The first-order valence-electron chi connectivity index (χ1n) is 8.47. The molecule has 0 radical (unpaired) electrons. The number of hydrogen-bond acceptors (Lipinski definition) is 4. The van der Waals surface area contributed by atoms with Gasteiger partial charge in [0.25, 0.3) is 0 Å². The Bertz CT molecular complexity index is 526.